The number of thiocarbonyl (C=S) groups is 1. The molecule has 1 aliphatic heterocycles. The molecule has 0 N–H and O–H groups in total. The second kappa shape index (κ2) is 7.25. The van der Waals surface area contributed by atoms with E-state index in [9.17, 15) is 9.59 Å². The summed E-state index contributed by atoms with van der Waals surface area (Å²) in [6.07, 6.45) is 1.46. The number of hydrogen-bond donors (Lipinski definition) is 0. The third-order valence-corrected chi connectivity index (χ3v) is 4.69. The Morgan fingerprint density at radius 3 is 1.71 bits per heavy atom. The highest BCUT2D eigenvalue weighted by molar-refractivity contribution is 7.81. The van der Waals surface area contributed by atoms with E-state index >= 15 is 0 Å². The van der Waals surface area contributed by atoms with Gasteiger partial charge in [-0.25, -0.2) is 0 Å². The van der Waals surface area contributed by atoms with Gasteiger partial charge in [-0.05, 0) is 61.6 Å². The number of carbonyl (C=O) groups excluding carboxylic acids is 2. The van der Waals surface area contributed by atoms with Gasteiger partial charge in [0, 0.05) is 0 Å². The minimum Gasteiger partial charge on any atom is -0.462 e. The first-order chi connectivity index (χ1) is 13.6. The number of aryl methyl sites for hydroxylation is 1. The molecule has 5 nitrogen and oxygen atoms in total. The van der Waals surface area contributed by atoms with Crippen molar-refractivity contribution in [2.24, 2.45) is 0 Å². The van der Waals surface area contributed by atoms with E-state index in [1.54, 1.807) is 43.3 Å². The molecule has 2 aromatic carbocycles. The molecule has 0 atom stereocenters. The normalized spacial score (nSPS) is 14.6. The van der Waals surface area contributed by atoms with E-state index in [0.717, 1.165) is 0 Å². The molecule has 0 unspecified atom stereocenters. The van der Waals surface area contributed by atoms with Crippen LogP contribution in [0.25, 0.3) is 6.08 Å². The Balaban J connectivity index is 1.86. The molecular weight excluding hydrogens is 372 g/mol. The van der Waals surface area contributed by atoms with Crippen LogP contribution in [0.5, 0.6) is 0 Å². The van der Waals surface area contributed by atoms with E-state index in [1.807, 2.05) is 36.4 Å². The molecule has 0 radical (unpaired) electrons. The number of carbonyl (C=O) groups is 2. The van der Waals surface area contributed by atoms with Gasteiger partial charge in [-0.15, -0.1) is 0 Å². The fourth-order valence-electron chi connectivity index (χ4n) is 3.01. The fourth-order valence-corrected chi connectivity index (χ4v) is 3.39. The average molecular weight is 388 g/mol. The number of amides is 2. The van der Waals surface area contributed by atoms with Crippen LogP contribution in [-0.4, -0.2) is 16.9 Å². The smallest absolute Gasteiger partial charge is 0.270 e. The SMILES string of the molecule is Cc1ccc(C=C2C(=O)N(c3ccccc3)C(=S)N(c3ccccc3)C2=O)o1. The Morgan fingerprint density at radius 1 is 0.786 bits per heavy atom. The second-order valence-corrected chi connectivity index (χ2v) is 6.61. The van der Waals surface area contributed by atoms with Crippen molar-refractivity contribution in [2.75, 3.05) is 9.80 Å². The van der Waals surface area contributed by atoms with Gasteiger partial charge >= 0.3 is 0 Å². The lowest BCUT2D eigenvalue weighted by Crippen LogP contribution is -2.56. The molecule has 3 aromatic rings. The zero-order valence-corrected chi connectivity index (χ0v) is 15.8. The van der Waals surface area contributed by atoms with Crippen molar-refractivity contribution < 1.29 is 14.0 Å². The summed E-state index contributed by atoms with van der Waals surface area (Å²) in [5, 5.41) is 0.111. The molecule has 0 aliphatic carbocycles. The predicted octanol–water partition coefficient (Wildman–Crippen LogP) is 4.34. The van der Waals surface area contributed by atoms with E-state index in [2.05, 4.69) is 0 Å². The fraction of sp³-hybridized carbons (Fsp3) is 0.0455. The number of anilines is 2. The lowest BCUT2D eigenvalue weighted by Gasteiger charge is -2.36. The molecule has 2 amide bonds. The number of benzene rings is 2. The molecule has 28 heavy (non-hydrogen) atoms. The highest BCUT2D eigenvalue weighted by Crippen LogP contribution is 2.29. The van der Waals surface area contributed by atoms with Gasteiger partial charge in [-0.2, -0.15) is 0 Å². The molecule has 1 fully saturated rings. The first-order valence-corrected chi connectivity index (χ1v) is 9.08. The van der Waals surface area contributed by atoms with Crippen molar-refractivity contribution in [1.82, 2.24) is 0 Å². The molecule has 4 rings (SSSR count). The molecule has 1 aliphatic rings. The van der Waals surface area contributed by atoms with Crippen LogP contribution in [-0.2, 0) is 9.59 Å². The largest absolute Gasteiger partial charge is 0.462 e. The number of hydrogen-bond acceptors (Lipinski definition) is 4. The van der Waals surface area contributed by atoms with Crippen molar-refractivity contribution >= 4 is 46.6 Å². The Bertz CT molecular complexity index is 1020. The van der Waals surface area contributed by atoms with Gasteiger partial charge in [0.25, 0.3) is 11.8 Å². The van der Waals surface area contributed by atoms with Gasteiger partial charge in [0.15, 0.2) is 5.11 Å². The summed E-state index contributed by atoms with van der Waals surface area (Å²) in [5.41, 5.74) is 1.16. The zero-order valence-electron chi connectivity index (χ0n) is 15.0. The van der Waals surface area contributed by atoms with Gasteiger partial charge < -0.3 is 4.42 Å². The lowest BCUT2D eigenvalue weighted by atomic mass is 10.1. The van der Waals surface area contributed by atoms with Gasteiger partial charge in [-0.3, -0.25) is 19.4 Å². The summed E-state index contributed by atoms with van der Waals surface area (Å²) >= 11 is 5.55. The predicted molar refractivity (Wildman–Crippen MR) is 112 cm³/mol. The van der Waals surface area contributed by atoms with Crippen LogP contribution in [0.3, 0.4) is 0 Å². The van der Waals surface area contributed by atoms with Crippen molar-refractivity contribution in [3.8, 4) is 0 Å². The van der Waals surface area contributed by atoms with Crippen LogP contribution in [0.4, 0.5) is 11.4 Å². The molecule has 2 heterocycles. The minimum atomic E-state index is -0.484. The average Bonchev–Trinajstić information content (AvgIpc) is 3.12. The molecule has 6 heteroatoms. The number of nitrogens with zero attached hydrogens (tertiary/aromatic N) is 2. The van der Waals surface area contributed by atoms with Gasteiger partial charge in [0.05, 0.1) is 11.4 Å². The van der Waals surface area contributed by atoms with Gasteiger partial charge in [0.2, 0.25) is 0 Å². The Kier molecular flexibility index (Phi) is 4.63. The highest BCUT2D eigenvalue weighted by atomic mass is 32.1. The van der Waals surface area contributed by atoms with Crippen LogP contribution >= 0.6 is 12.2 Å². The maximum Gasteiger partial charge on any atom is 0.270 e. The van der Waals surface area contributed by atoms with E-state index in [0.29, 0.717) is 22.9 Å². The molecule has 0 spiro atoms. The van der Waals surface area contributed by atoms with Crippen LogP contribution in [0, 0.1) is 6.92 Å². The summed E-state index contributed by atoms with van der Waals surface area (Å²) < 4.78 is 5.54. The molecular formula is C22H16N2O3S. The highest BCUT2D eigenvalue weighted by Gasteiger charge is 2.41. The topological polar surface area (TPSA) is 53.8 Å². The monoisotopic (exact) mass is 388 g/mol. The number of para-hydroxylation sites is 2. The Morgan fingerprint density at radius 2 is 1.29 bits per heavy atom. The van der Waals surface area contributed by atoms with Crippen LogP contribution in [0.1, 0.15) is 11.5 Å². The third-order valence-electron chi connectivity index (χ3n) is 4.33. The maximum atomic E-state index is 13.2. The van der Waals surface area contributed by atoms with Gasteiger partial charge in [0.1, 0.15) is 17.1 Å². The molecule has 138 valence electrons. The quantitative estimate of drug-likeness (QED) is 0.381. The van der Waals surface area contributed by atoms with Crippen LogP contribution < -0.4 is 9.80 Å². The van der Waals surface area contributed by atoms with E-state index in [-0.39, 0.29) is 10.7 Å². The van der Waals surface area contributed by atoms with Crippen molar-refractivity contribution in [3.05, 3.63) is 89.9 Å². The number of furan rings is 1. The van der Waals surface area contributed by atoms with E-state index < -0.39 is 11.8 Å². The maximum absolute atomic E-state index is 13.2. The Labute approximate surface area is 167 Å². The van der Waals surface area contributed by atoms with E-state index in [4.69, 9.17) is 16.6 Å². The zero-order chi connectivity index (χ0) is 19.7. The van der Waals surface area contributed by atoms with E-state index in [1.165, 1.54) is 15.9 Å². The molecule has 1 saturated heterocycles. The minimum absolute atomic E-state index is 0.0179. The summed E-state index contributed by atoms with van der Waals surface area (Å²) in [6, 6.07) is 21.6. The first kappa shape index (κ1) is 17.9. The molecule has 0 saturated carbocycles. The van der Waals surface area contributed by atoms with Crippen molar-refractivity contribution in [3.63, 3.8) is 0 Å². The summed E-state index contributed by atoms with van der Waals surface area (Å²) in [7, 11) is 0. The standard InChI is InChI=1S/C22H16N2O3S/c1-15-12-13-18(27-15)14-19-20(25)23(16-8-4-2-5-9-16)22(28)24(21(19)26)17-10-6-3-7-11-17/h2-14H,1H3. The third kappa shape index (κ3) is 3.14. The van der Waals surface area contributed by atoms with Gasteiger partial charge in [-0.1, -0.05) is 36.4 Å². The molecule has 0 bridgehead atoms. The number of rotatable bonds is 3. The lowest BCUT2D eigenvalue weighted by molar-refractivity contribution is -0.120. The van der Waals surface area contributed by atoms with Crippen LogP contribution in [0.2, 0.25) is 0 Å². The van der Waals surface area contributed by atoms with Crippen LogP contribution in [0.15, 0.2) is 82.8 Å². The Hall–Kier alpha value is -3.51. The second-order valence-electron chi connectivity index (χ2n) is 6.24. The summed E-state index contributed by atoms with van der Waals surface area (Å²) in [6.45, 7) is 1.80. The summed E-state index contributed by atoms with van der Waals surface area (Å²) in [4.78, 5) is 29.2. The summed E-state index contributed by atoms with van der Waals surface area (Å²) in [5.74, 6) is 0.158. The van der Waals surface area contributed by atoms with Crippen molar-refractivity contribution in [2.45, 2.75) is 6.92 Å². The molecule has 1 aromatic heterocycles. The van der Waals surface area contributed by atoms with Crippen molar-refractivity contribution in [1.29, 1.82) is 0 Å². The first-order valence-electron chi connectivity index (χ1n) is 8.67.